The predicted molar refractivity (Wildman–Crippen MR) is 114 cm³/mol. The van der Waals surface area contributed by atoms with Crippen molar-refractivity contribution < 1.29 is 19.0 Å². The van der Waals surface area contributed by atoms with Crippen molar-refractivity contribution in [3.63, 3.8) is 0 Å². The largest absolute Gasteiger partial charge is 0.455 e. The lowest BCUT2D eigenvalue weighted by Crippen LogP contribution is -2.20. The molecule has 0 amide bonds. The molecular weight excluding hydrogens is 372 g/mol. The summed E-state index contributed by atoms with van der Waals surface area (Å²) < 4.78 is 15.2. The van der Waals surface area contributed by atoms with Crippen LogP contribution in [0.5, 0.6) is 0 Å². The van der Waals surface area contributed by atoms with Crippen LogP contribution in [0.2, 0.25) is 0 Å². The standard InChI is InChI=1S/C23H28O4S/c1-20(27-23(24)19-26-3)21(13-7-4-5-11-17-25-2)14-10-12-18-28-22-15-8-6-9-16-22/h6,8-9,14-16,20H,4-5,11,17-19H2,1-3H3/b21-14+. The molecule has 0 radical (unpaired) electrons. The van der Waals surface area contributed by atoms with E-state index in [9.17, 15) is 4.79 Å². The summed E-state index contributed by atoms with van der Waals surface area (Å²) in [6.07, 6.45) is 3.96. The first-order valence-corrected chi connectivity index (χ1v) is 10.2. The number of carbonyl (C=O) groups is 1. The van der Waals surface area contributed by atoms with Gasteiger partial charge in [0.25, 0.3) is 0 Å². The Kier molecular flexibility index (Phi) is 13.5. The fourth-order valence-corrected chi connectivity index (χ4v) is 2.77. The monoisotopic (exact) mass is 400 g/mol. The number of methoxy groups -OCH3 is 2. The van der Waals surface area contributed by atoms with E-state index in [0.29, 0.717) is 11.3 Å². The number of hydrogen-bond donors (Lipinski definition) is 0. The summed E-state index contributed by atoms with van der Waals surface area (Å²) >= 11 is 1.67. The van der Waals surface area contributed by atoms with Gasteiger partial charge in [0, 0.05) is 38.2 Å². The van der Waals surface area contributed by atoms with Gasteiger partial charge in [-0.15, -0.1) is 11.8 Å². The molecule has 0 bridgehead atoms. The Hall–Kier alpha value is -2.18. The zero-order valence-corrected chi connectivity index (χ0v) is 17.6. The average Bonchev–Trinajstić information content (AvgIpc) is 2.69. The first-order valence-electron chi connectivity index (χ1n) is 9.20. The number of thioether (sulfide) groups is 1. The van der Waals surface area contributed by atoms with Gasteiger partial charge in [-0.1, -0.05) is 41.9 Å². The van der Waals surface area contributed by atoms with Crippen molar-refractivity contribution >= 4 is 17.7 Å². The maximum atomic E-state index is 11.7. The highest BCUT2D eigenvalue weighted by Crippen LogP contribution is 2.15. The van der Waals surface area contributed by atoms with Crippen molar-refractivity contribution in [1.82, 2.24) is 0 Å². The molecule has 0 aliphatic rings. The molecule has 0 aromatic heterocycles. The van der Waals surface area contributed by atoms with Crippen LogP contribution in [-0.2, 0) is 19.0 Å². The van der Waals surface area contributed by atoms with Crippen molar-refractivity contribution in [2.24, 2.45) is 0 Å². The van der Waals surface area contributed by atoms with Gasteiger partial charge < -0.3 is 14.2 Å². The van der Waals surface area contributed by atoms with E-state index in [0.717, 1.165) is 25.9 Å². The van der Waals surface area contributed by atoms with Gasteiger partial charge in [-0.05, 0) is 31.9 Å². The lowest BCUT2D eigenvalue weighted by atomic mass is 10.1. The van der Waals surface area contributed by atoms with E-state index in [4.69, 9.17) is 14.2 Å². The van der Waals surface area contributed by atoms with Gasteiger partial charge >= 0.3 is 5.97 Å². The first kappa shape index (κ1) is 23.9. The summed E-state index contributed by atoms with van der Waals surface area (Å²) in [4.78, 5) is 12.8. The minimum Gasteiger partial charge on any atom is -0.455 e. The second-order valence-corrected chi connectivity index (χ2v) is 6.89. The molecule has 1 aromatic rings. The molecule has 150 valence electrons. The number of benzene rings is 1. The highest BCUT2D eigenvalue weighted by molar-refractivity contribution is 7.99. The Morgan fingerprint density at radius 2 is 1.93 bits per heavy atom. The average molecular weight is 401 g/mol. The Morgan fingerprint density at radius 3 is 2.64 bits per heavy atom. The molecule has 1 aromatic carbocycles. The molecule has 1 unspecified atom stereocenters. The van der Waals surface area contributed by atoms with E-state index in [1.165, 1.54) is 12.0 Å². The highest BCUT2D eigenvalue weighted by Gasteiger charge is 2.12. The van der Waals surface area contributed by atoms with Crippen molar-refractivity contribution in [3.8, 4) is 23.7 Å². The summed E-state index contributed by atoms with van der Waals surface area (Å²) in [5, 5.41) is 0. The summed E-state index contributed by atoms with van der Waals surface area (Å²) in [5.74, 6) is 12.6. The van der Waals surface area contributed by atoms with Crippen LogP contribution in [0, 0.1) is 23.7 Å². The Labute approximate surface area is 173 Å². The first-order chi connectivity index (χ1) is 13.7. The summed E-state index contributed by atoms with van der Waals surface area (Å²) in [6.45, 7) is 2.45. The van der Waals surface area contributed by atoms with E-state index >= 15 is 0 Å². The van der Waals surface area contributed by atoms with E-state index in [1.807, 2.05) is 18.2 Å². The fraction of sp³-hybridized carbons (Fsp3) is 0.435. The van der Waals surface area contributed by atoms with Crippen molar-refractivity contribution in [3.05, 3.63) is 42.0 Å². The van der Waals surface area contributed by atoms with Crippen LogP contribution >= 0.6 is 11.8 Å². The number of hydrogen-bond acceptors (Lipinski definition) is 5. The van der Waals surface area contributed by atoms with Gasteiger partial charge in [-0.2, -0.15) is 0 Å². The molecule has 0 aliphatic carbocycles. The molecule has 0 saturated heterocycles. The lowest BCUT2D eigenvalue weighted by molar-refractivity contribution is -0.150. The van der Waals surface area contributed by atoms with Crippen LogP contribution in [0.1, 0.15) is 26.2 Å². The lowest BCUT2D eigenvalue weighted by Gasteiger charge is -2.12. The zero-order chi connectivity index (χ0) is 20.5. The van der Waals surface area contributed by atoms with Gasteiger partial charge in [0.2, 0.25) is 0 Å². The third kappa shape index (κ3) is 11.5. The third-order valence-electron chi connectivity index (χ3n) is 3.53. The van der Waals surface area contributed by atoms with Gasteiger partial charge in [-0.25, -0.2) is 4.79 Å². The molecule has 4 nitrogen and oxygen atoms in total. The third-order valence-corrected chi connectivity index (χ3v) is 4.42. The minimum atomic E-state index is -0.467. The quantitative estimate of drug-likeness (QED) is 0.256. The smallest absolute Gasteiger partial charge is 0.332 e. The summed E-state index contributed by atoms with van der Waals surface area (Å²) in [5.41, 5.74) is 0.688. The Balaban J connectivity index is 2.67. The van der Waals surface area contributed by atoms with Gasteiger partial charge in [0.1, 0.15) is 12.7 Å². The van der Waals surface area contributed by atoms with Crippen molar-refractivity contribution in [2.75, 3.05) is 33.2 Å². The molecule has 1 rings (SSSR count). The number of allylic oxidation sites excluding steroid dienone is 1. The SMILES string of the molecule is COCCCCC#C/C(=C\C#CCSc1ccccc1)C(C)OC(=O)COC. The van der Waals surface area contributed by atoms with Crippen LogP contribution < -0.4 is 0 Å². The van der Waals surface area contributed by atoms with Crippen LogP contribution in [0.4, 0.5) is 0 Å². The van der Waals surface area contributed by atoms with Crippen LogP contribution in [-0.4, -0.2) is 45.3 Å². The van der Waals surface area contributed by atoms with E-state index < -0.39 is 12.1 Å². The van der Waals surface area contributed by atoms with Gasteiger partial charge in [0.05, 0.1) is 11.3 Å². The zero-order valence-electron chi connectivity index (χ0n) is 16.8. The number of esters is 1. The number of ether oxygens (including phenoxy) is 3. The minimum absolute atomic E-state index is 0.0819. The molecule has 1 atom stereocenters. The van der Waals surface area contributed by atoms with E-state index in [-0.39, 0.29) is 6.61 Å². The normalized spacial score (nSPS) is 11.6. The summed E-state index contributed by atoms with van der Waals surface area (Å²) in [7, 11) is 3.15. The molecule has 0 heterocycles. The van der Waals surface area contributed by atoms with Gasteiger partial charge in [0.15, 0.2) is 0 Å². The second kappa shape index (κ2) is 15.8. The van der Waals surface area contributed by atoms with E-state index in [2.05, 4.69) is 35.8 Å². The molecule has 0 aliphatic heterocycles. The maximum Gasteiger partial charge on any atom is 0.332 e. The molecule has 0 saturated carbocycles. The number of carbonyl (C=O) groups excluding carboxylic acids is 1. The maximum absolute atomic E-state index is 11.7. The topological polar surface area (TPSA) is 44.8 Å². The van der Waals surface area contributed by atoms with Crippen molar-refractivity contribution in [2.45, 2.75) is 37.2 Å². The number of unbranched alkanes of at least 4 members (excludes halogenated alkanes) is 2. The molecule has 0 N–H and O–H groups in total. The van der Waals surface area contributed by atoms with E-state index in [1.54, 1.807) is 31.9 Å². The van der Waals surface area contributed by atoms with Gasteiger partial charge in [-0.3, -0.25) is 0 Å². The van der Waals surface area contributed by atoms with Crippen LogP contribution in [0.3, 0.4) is 0 Å². The Bertz CT molecular complexity index is 720. The molecule has 28 heavy (non-hydrogen) atoms. The van der Waals surface area contributed by atoms with Crippen LogP contribution in [0.15, 0.2) is 46.9 Å². The number of rotatable bonds is 10. The molecular formula is C23H28O4S. The Morgan fingerprint density at radius 1 is 1.14 bits per heavy atom. The summed E-state index contributed by atoms with van der Waals surface area (Å²) in [6, 6.07) is 10.1. The molecule has 0 spiro atoms. The fourth-order valence-electron chi connectivity index (χ4n) is 2.10. The highest BCUT2D eigenvalue weighted by atomic mass is 32.2. The molecule has 0 fully saturated rings. The second-order valence-electron chi connectivity index (χ2n) is 5.84. The predicted octanol–water partition coefficient (Wildman–Crippen LogP) is 4.11. The van der Waals surface area contributed by atoms with Crippen LogP contribution in [0.25, 0.3) is 0 Å². The van der Waals surface area contributed by atoms with Crippen molar-refractivity contribution in [1.29, 1.82) is 0 Å². The molecule has 5 heteroatoms.